The number of aliphatic imine (C=N–C) groups is 3. The zero-order chi connectivity index (χ0) is 87.6. The molecule has 4 amide bonds. The minimum absolute atomic E-state index is 0. The average Bonchev–Trinajstić information content (AvgIpc) is 1.57. The molecule has 6 unspecified atom stereocenters. The number of benzene rings is 4. The first-order valence-electron chi connectivity index (χ1n) is 40.4. The van der Waals surface area contributed by atoms with Crippen molar-refractivity contribution in [2.75, 3.05) is 128 Å². The topological polar surface area (TPSA) is 439 Å². The summed E-state index contributed by atoms with van der Waals surface area (Å²) in [5.74, 6) is -5.08. The van der Waals surface area contributed by atoms with Crippen molar-refractivity contribution >= 4 is 157 Å². The summed E-state index contributed by atoms with van der Waals surface area (Å²) >= 11 is 5.11. The van der Waals surface area contributed by atoms with Gasteiger partial charge in [0.15, 0.2) is 12.2 Å². The Morgan fingerprint density at radius 3 is 1.40 bits per heavy atom. The summed E-state index contributed by atoms with van der Waals surface area (Å²) in [6.45, 7) is 21.5. The lowest BCUT2D eigenvalue weighted by atomic mass is 9.95. The van der Waals surface area contributed by atoms with E-state index in [0.717, 1.165) is 85.8 Å². The number of aliphatic hydroxyl groups excluding tert-OH is 4. The normalized spacial score (nSPS) is 23.8. The minimum Gasteiger partial charge on any atom is -0.448 e. The fraction of sp³-hybridized carbons (Fsp3) is 0.561. The van der Waals surface area contributed by atoms with Gasteiger partial charge >= 0.3 is 11.9 Å². The predicted octanol–water partition coefficient (Wildman–Crippen LogP) is 4.83. The Bertz CT molecular complexity index is 4790. The summed E-state index contributed by atoms with van der Waals surface area (Å²) in [5, 5.41) is 73.1. The molecule has 8 saturated heterocycles. The summed E-state index contributed by atoms with van der Waals surface area (Å²) in [6, 6.07) is 26.3. The van der Waals surface area contributed by atoms with Crippen molar-refractivity contribution in [2.24, 2.45) is 26.8 Å². The second-order valence-corrected chi connectivity index (χ2v) is 39.5. The number of halogens is 4. The molecule has 41 heteroatoms. The number of esters is 2. The zero-order valence-electron chi connectivity index (χ0n) is 69.5. The maximum Gasteiger partial charge on any atom is 0.303 e. The van der Waals surface area contributed by atoms with Crippen LogP contribution in [0.2, 0.25) is 0 Å². The van der Waals surface area contributed by atoms with Crippen LogP contribution in [0.25, 0.3) is 0 Å². The number of nitrogens with zero attached hydrogens (tertiary/aromatic N) is 11. The van der Waals surface area contributed by atoms with Crippen LogP contribution in [0.15, 0.2) is 110 Å². The van der Waals surface area contributed by atoms with Gasteiger partial charge in [-0.2, -0.15) is 19.1 Å². The number of nitriles is 2. The van der Waals surface area contributed by atoms with E-state index in [4.69, 9.17) is 14.6 Å². The molecule has 0 bridgehead atoms. The number of ether oxygens (including phenoxy) is 2. The van der Waals surface area contributed by atoms with Crippen LogP contribution in [-0.2, 0) is 63.1 Å². The molecule has 32 nitrogen and oxygen atoms in total. The fourth-order valence-electron chi connectivity index (χ4n) is 15.5. The van der Waals surface area contributed by atoms with E-state index in [1.165, 1.54) is 47.7 Å². The zero-order valence-corrected chi connectivity index (χ0v) is 77.0. The summed E-state index contributed by atoms with van der Waals surface area (Å²) in [7, 11) is -6.89. The number of carbonyl (C=O) groups excluding carboxylic acids is 7. The Morgan fingerprint density at radius 1 is 0.537 bits per heavy atom. The highest BCUT2D eigenvalue weighted by atomic mass is 79.9. The first-order chi connectivity index (χ1) is 57.6. The third-order valence-corrected chi connectivity index (χ3v) is 29.5. The third kappa shape index (κ3) is 28.0. The SMILES string of the molecule is Br.Br.CC(=O)O[C@@H](C(=O)NCC1CCN(c2ccc(F)cc2C#N)CC1)[C@@H](OC(C)=O)C(=O)N1CC2N=C(C)SC2C1.CC1=NC2CN(C(=O)[C@H](O)[C@@H](O)C(=O)NCC3CCN(c4ccc(F)cc4C#N)CC3)CC2S1.CC1=NC2CNCC2S1.Cc1ccc(S(=O)(=O)N2CCC(=O)C2)cc1.Cc1ccc(S(=O)(=O)N2CC[C@@H](O)C2)cc1.O[C@@H]1CCNC1. The van der Waals surface area contributed by atoms with E-state index in [0.29, 0.717) is 120 Å². The molecule has 11 aliphatic heterocycles. The lowest BCUT2D eigenvalue weighted by molar-refractivity contribution is -0.177. The first-order valence-corrected chi connectivity index (χ1v) is 45.9. The molecule has 672 valence electrons. The van der Waals surface area contributed by atoms with Gasteiger partial charge in [0.1, 0.15) is 29.6 Å². The second-order valence-electron chi connectivity index (χ2n) is 31.3. The van der Waals surface area contributed by atoms with Crippen LogP contribution >= 0.6 is 69.2 Å². The highest BCUT2D eigenvalue weighted by Gasteiger charge is 2.48. The van der Waals surface area contributed by atoms with E-state index < -0.39 is 97.8 Å². The van der Waals surface area contributed by atoms with Crippen LogP contribution in [0.1, 0.15) is 102 Å². The van der Waals surface area contributed by atoms with E-state index in [-0.39, 0.29) is 116 Å². The molecule has 123 heavy (non-hydrogen) atoms. The van der Waals surface area contributed by atoms with Gasteiger partial charge in [-0.3, -0.25) is 48.5 Å². The van der Waals surface area contributed by atoms with Crippen molar-refractivity contribution in [3.8, 4) is 12.1 Å². The number of aryl methyl sites for hydroxylation is 2. The number of carbonyl (C=O) groups is 7. The summed E-state index contributed by atoms with van der Waals surface area (Å²) in [5.41, 5.74) is 3.94. The van der Waals surface area contributed by atoms with Crippen molar-refractivity contribution < 1.29 is 89.1 Å². The Morgan fingerprint density at radius 2 is 0.992 bits per heavy atom. The van der Waals surface area contributed by atoms with Crippen molar-refractivity contribution in [3.05, 3.63) is 119 Å². The van der Waals surface area contributed by atoms with Crippen molar-refractivity contribution in [2.45, 2.75) is 174 Å². The fourth-order valence-corrected chi connectivity index (χ4v) is 21.9. The lowest BCUT2D eigenvalue weighted by Gasteiger charge is -2.34. The number of sulfonamides is 2. The number of aliphatic hydroxyl groups is 4. The molecular formula is C82H109Br2F2N15O17S5. The van der Waals surface area contributed by atoms with Crippen LogP contribution in [0.3, 0.4) is 0 Å². The Balaban J connectivity index is 0.000000201. The van der Waals surface area contributed by atoms with Crippen LogP contribution in [0.4, 0.5) is 20.2 Å². The van der Waals surface area contributed by atoms with Gasteiger partial charge < -0.3 is 70.8 Å². The third-order valence-electron chi connectivity index (χ3n) is 22.1. The first kappa shape index (κ1) is 101. The van der Waals surface area contributed by atoms with E-state index >= 15 is 0 Å². The summed E-state index contributed by atoms with van der Waals surface area (Å²) < 4.78 is 88.3. The molecule has 0 aliphatic carbocycles. The number of likely N-dealkylation sites (tertiary alicyclic amines) is 2. The largest absolute Gasteiger partial charge is 0.448 e. The number of anilines is 2. The van der Waals surface area contributed by atoms with Gasteiger partial charge in [-0.1, -0.05) is 35.4 Å². The maximum absolute atomic E-state index is 13.5. The van der Waals surface area contributed by atoms with Gasteiger partial charge in [0.05, 0.1) is 94.8 Å². The number of nitrogens with one attached hydrogen (secondary N) is 4. The molecule has 12 atom stereocenters. The molecular weight excluding hydrogens is 1830 g/mol. The number of hydrogen-bond acceptors (Lipinski definition) is 29. The Hall–Kier alpha value is -7.59. The molecule has 0 spiro atoms. The summed E-state index contributed by atoms with van der Waals surface area (Å²) in [4.78, 5) is 108. The van der Waals surface area contributed by atoms with Crippen LogP contribution < -0.4 is 31.1 Å². The van der Waals surface area contributed by atoms with E-state index in [1.54, 1.807) is 84.2 Å². The van der Waals surface area contributed by atoms with E-state index in [9.17, 15) is 85.0 Å². The number of Topliss-reactive ketones (excluding diaryl/α,β-unsaturated/α-hetero) is 1. The van der Waals surface area contributed by atoms with Gasteiger partial charge in [-0.15, -0.1) is 69.2 Å². The number of β-amino-alcohol motifs (C(OH)–C–C–N with tert-alkyl or cyclic N) is 2. The van der Waals surface area contributed by atoms with Crippen LogP contribution in [-0.4, -0.2) is 300 Å². The smallest absolute Gasteiger partial charge is 0.303 e. The monoisotopic (exact) mass is 1930 g/mol. The molecule has 4 aromatic carbocycles. The molecule has 15 rings (SSSR count). The summed E-state index contributed by atoms with van der Waals surface area (Å²) in [6.07, 6.45) is -2.93. The number of ketones is 1. The number of rotatable bonds is 18. The maximum atomic E-state index is 13.5. The van der Waals surface area contributed by atoms with Crippen molar-refractivity contribution in [1.82, 2.24) is 39.7 Å². The number of hydrogen-bond donors (Lipinski definition) is 8. The van der Waals surface area contributed by atoms with Gasteiger partial charge in [-0.05, 0) is 152 Å². The molecule has 0 radical (unpaired) electrons. The van der Waals surface area contributed by atoms with E-state index in [2.05, 4.69) is 43.2 Å². The van der Waals surface area contributed by atoms with Crippen LogP contribution in [0, 0.1) is 60.0 Å². The van der Waals surface area contributed by atoms with Gasteiger partial charge in [0, 0.05) is 130 Å². The quantitative estimate of drug-likeness (QED) is 0.0618. The minimum atomic E-state index is -3.48. The number of piperidine rings is 2. The van der Waals surface area contributed by atoms with Gasteiger partial charge in [0.25, 0.3) is 23.6 Å². The molecule has 0 saturated carbocycles. The van der Waals surface area contributed by atoms with Gasteiger partial charge in [0.2, 0.25) is 32.3 Å². The highest BCUT2D eigenvalue weighted by Crippen LogP contribution is 2.37. The predicted molar refractivity (Wildman–Crippen MR) is 476 cm³/mol. The van der Waals surface area contributed by atoms with E-state index in [1.807, 2.05) is 61.4 Å². The van der Waals surface area contributed by atoms with Gasteiger partial charge in [-0.25, -0.2) is 25.6 Å². The van der Waals surface area contributed by atoms with Crippen LogP contribution in [0.5, 0.6) is 0 Å². The standard InChI is InChI=1S/C27H32FN5O6S.C23H28FN5O4S.C11H15NO3S.C11H13NO3S.C6H10N2S.C4H9NO.2BrH/c1-15-31-21-13-33(14-23(21)40-15)27(37)25(39-17(3)35)24(38-16(2)34)26(36)30-12-18-6-8-32(9-7-18)22-5-4-20(28)10-19(22)11-29;1-13-27-17-11-29(12-19(17)34-13)23(33)21(31)20(30)22(32)26-10-14-4-6-28(7-5-14)18-3-2-16(24)8-15(18)9-25;2*1-9-2-4-11(5-3-9)16(14,15)12-7-6-10(13)8-12;1-4-8-5-2-7-3-6(5)9-4;6-4-1-2-5-3-4;;/h4-5,10,18,21,23-25H,6-9,12-14H2,1-3H3,(H,30,36);2-3,8,14,17,19-21,30-31H,4-7,10-12H2,1H3,(H,26,32);2-5,10,13H,6-8H2,1H3;2-5H,6-8H2,1H3;5-7H,2-3H2,1H3;4-6H,1-3H2;2*1H/t21?,23?,24-,25-;17?,19?,20-,21-;10-;;;4-;;/m111..1../s1. The van der Waals surface area contributed by atoms with Crippen molar-refractivity contribution in [3.63, 3.8) is 0 Å². The van der Waals surface area contributed by atoms with Crippen molar-refractivity contribution in [1.29, 1.82) is 10.5 Å². The Labute approximate surface area is 750 Å². The second kappa shape index (κ2) is 46.8. The lowest BCUT2D eigenvalue weighted by Crippen LogP contribution is -2.54. The number of amides is 4. The Kier molecular flexibility index (Phi) is 38.3. The molecule has 11 aliphatic rings. The molecule has 11 heterocycles. The molecule has 8 N–H and O–H groups in total. The molecule has 8 fully saturated rings. The number of fused-ring (bicyclic) bond motifs is 3. The average molecular weight is 1940 g/mol. The highest BCUT2D eigenvalue weighted by molar-refractivity contribution is 8.93. The molecule has 0 aromatic heterocycles. The molecule has 4 aromatic rings. The number of thioether (sulfide) groups is 3.